The third kappa shape index (κ3) is 3.04. The van der Waals surface area contributed by atoms with Gasteiger partial charge in [0.15, 0.2) is 0 Å². The Morgan fingerprint density at radius 2 is 2.55 bits per heavy atom. The summed E-state index contributed by atoms with van der Waals surface area (Å²) >= 11 is 0. The van der Waals surface area contributed by atoms with E-state index in [9.17, 15) is 4.79 Å². The summed E-state index contributed by atoms with van der Waals surface area (Å²) in [6.07, 6.45) is -1.08. The van der Waals surface area contributed by atoms with Crippen LogP contribution in [-0.4, -0.2) is 5.78 Å². The Kier molecular flexibility index (Phi) is 1.91. The molecule has 0 amide bonds. The predicted molar refractivity (Wildman–Crippen MR) is 46.5 cm³/mol. The summed E-state index contributed by atoms with van der Waals surface area (Å²) in [7, 11) is 0. The van der Waals surface area contributed by atoms with Crippen LogP contribution in [-0.2, 0) is 4.79 Å². The van der Waals surface area contributed by atoms with Crippen molar-refractivity contribution in [2.45, 2.75) is 51.8 Å². The molecule has 1 rings (SSSR count). The van der Waals surface area contributed by atoms with E-state index in [1.54, 1.807) is 0 Å². The molecule has 0 aromatic heterocycles. The van der Waals surface area contributed by atoms with Crippen LogP contribution in [0.5, 0.6) is 0 Å². The molecule has 0 radical (unpaired) electrons. The number of carbonyl (C=O) groups excluding carboxylic acids is 1. The standard InChI is InChI=1S/C10H18O/c1-2-3-4-9-5-7-10(11)8-6-9/h9H,2-8H2,1H3/i5D2,7D2. The van der Waals surface area contributed by atoms with Gasteiger partial charge in [-0.2, -0.15) is 0 Å². The maximum atomic E-state index is 11.3. The van der Waals surface area contributed by atoms with Crippen molar-refractivity contribution in [3.63, 3.8) is 0 Å². The number of unbranched alkanes of at least 4 members (excludes halogenated alkanes) is 1. The minimum atomic E-state index is -2.30. The number of hydrogen-bond donors (Lipinski definition) is 0. The van der Waals surface area contributed by atoms with Gasteiger partial charge in [0.2, 0.25) is 0 Å². The van der Waals surface area contributed by atoms with E-state index in [1.807, 2.05) is 6.92 Å². The molecule has 1 nitrogen and oxygen atoms in total. The van der Waals surface area contributed by atoms with Gasteiger partial charge in [-0.25, -0.2) is 0 Å². The molecule has 1 heteroatoms. The van der Waals surface area contributed by atoms with Crippen LogP contribution in [0.4, 0.5) is 0 Å². The number of hydrogen-bond acceptors (Lipinski definition) is 1. The van der Waals surface area contributed by atoms with E-state index in [2.05, 4.69) is 0 Å². The molecule has 0 aromatic carbocycles. The van der Waals surface area contributed by atoms with E-state index < -0.39 is 18.5 Å². The van der Waals surface area contributed by atoms with Crippen molar-refractivity contribution in [3.8, 4) is 0 Å². The van der Waals surface area contributed by atoms with Crippen molar-refractivity contribution in [2.75, 3.05) is 0 Å². The Morgan fingerprint density at radius 1 is 1.73 bits per heavy atom. The molecular formula is C10H18O. The molecular weight excluding hydrogens is 136 g/mol. The molecule has 0 saturated heterocycles. The zero-order valence-corrected chi connectivity index (χ0v) is 7.02. The molecule has 1 aliphatic rings. The fourth-order valence-electron chi connectivity index (χ4n) is 1.29. The van der Waals surface area contributed by atoms with Crippen molar-refractivity contribution >= 4 is 5.78 Å². The first-order chi connectivity index (χ1) is 6.84. The fraction of sp³-hybridized carbons (Fsp3) is 0.900. The van der Waals surface area contributed by atoms with Crippen LogP contribution >= 0.6 is 0 Å². The SMILES string of the molecule is [2H]C1([2H])C(=O)CCC(CCCC)C1([2H])[2H]. The Balaban J connectivity index is 2.80. The smallest absolute Gasteiger partial charge is 0.132 e. The Labute approximate surface area is 74.8 Å². The van der Waals surface area contributed by atoms with Gasteiger partial charge >= 0.3 is 0 Å². The molecule has 0 heterocycles. The second-order valence-corrected chi connectivity index (χ2v) is 3.07. The summed E-state index contributed by atoms with van der Waals surface area (Å²) in [4.78, 5) is 11.3. The van der Waals surface area contributed by atoms with E-state index in [4.69, 9.17) is 5.48 Å². The van der Waals surface area contributed by atoms with Gasteiger partial charge in [-0.15, -0.1) is 0 Å². The summed E-state index contributed by atoms with van der Waals surface area (Å²) in [6.45, 7) is 2.03. The molecule has 64 valence electrons. The molecule has 0 spiro atoms. The number of ketones is 1. The van der Waals surface area contributed by atoms with Crippen molar-refractivity contribution in [1.29, 1.82) is 0 Å². The lowest BCUT2D eigenvalue weighted by molar-refractivity contribution is -0.121. The maximum Gasteiger partial charge on any atom is 0.132 e. The van der Waals surface area contributed by atoms with Crippen molar-refractivity contribution in [2.24, 2.45) is 5.92 Å². The summed E-state index contributed by atoms with van der Waals surface area (Å²) in [5.41, 5.74) is 0. The quantitative estimate of drug-likeness (QED) is 0.617. The van der Waals surface area contributed by atoms with E-state index in [0.29, 0.717) is 12.8 Å². The topological polar surface area (TPSA) is 17.1 Å². The Morgan fingerprint density at radius 3 is 3.27 bits per heavy atom. The highest BCUT2D eigenvalue weighted by atomic mass is 16.1. The van der Waals surface area contributed by atoms with Crippen molar-refractivity contribution in [3.05, 3.63) is 0 Å². The van der Waals surface area contributed by atoms with Gasteiger partial charge < -0.3 is 0 Å². The molecule has 0 N–H and O–H groups in total. The fourth-order valence-corrected chi connectivity index (χ4v) is 1.29. The monoisotopic (exact) mass is 158 g/mol. The number of carbonyl (C=O) groups is 1. The van der Waals surface area contributed by atoms with E-state index >= 15 is 0 Å². The molecule has 1 aliphatic carbocycles. The van der Waals surface area contributed by atoms with Crippen LogP contribution in [0.15, 0.2) is 0 Å². The first-order valence-electron chi connectivity index (χ1n) is 6.37. The molecule has 1 unspecified atom stereocenters. The summed E-state index contributed by atoms with van der Waals surface area (Å²) in [5, 5.41) is 0. The summed E-state index contributed by atoms with van der Waals surface area (Å²) < 4.78 is 30.6. The normalized spacial score (nSPS) is 40.1. The number of rotatable bonds is 3. The number of Topliss-reactive ketones (excluding diaryl/α,β-unsaturated/α-hetero) is 1. The van der Waals surface area contributed by atoms with Gasteiger partial charge in [0.05, 0.1) is 0 Å². The third-order valence-corrected chi connectivity index (χ3v) is 2.04. The summed E-state index contributed by atoms with van der Waals surface area (Å²) in [6, 6.07) is 0. The van der Waals surface area contributed by atoms with E-state index in [1.165, 1.54) is 0 Å². The lowest BCUT2D eigenvalue weighted by atomic mass is 9.85. The molecule has 11 heavy (non-hydrogen) atoms. The zero-order valence-electron chi connectivity index (χ0n) is 11.0. The van der Waals surface area contributed by atoms with Crippen LogP contribution < -0.4 is 0 Å². The van der Waals surface area contributed by atoms with Crippen LogP contribution in [0.2, 0.25) is 0 Å². The Hall–Kier alpha value is -0.330. The van der Waals surface area contributed by atoms with Crippen LogP contribution in [0.1, 0.15) is 57.3 Å². The second kappa shape index (κ2) is 4.53. The van der Waals surface area contributed by atoms with Gasteiger partial charge in [-0.05, 0) is 18.7 Å². The maximum absolute atomic E-state index is 11.3. The lowest BCUT2D eigenvalue weighted by Gasteiger charge is -2.20. The highest BCUT2D eigenvalue weighted by Crippen LogP contribution is 2.25. The predicted octanol–water partition coefficient (Wildman–Crippen LogP) is 2.94. The summed E-state index contributed by atoms with van der Waals surface area (Å²) in [5.74, 6) is -0.898. The largest absolute Gasteiger partial charge is 0.300 e. The molecule has 1 saturated carbocycles. The van der Waals surface area contributed by atoms with Crippen LogP contribution in [0.25, 0.3) is 0 Å². The van der Waals surface area contributed by atoms with Gasteiger partial charge in [0.1, 0.15) is 5.78 Å². The minimum absolute atomic E-state index is 0.181. The van der Waals surface area contributed by atoms with Gasteiger partial charge in [-0.1, -0.05) is 26.2 Å². The highest BCUT2D eigenvalue weighted by Gasteiger charge is 2.17. The average Bonchev–Trinajstić information content (AvgIpc) is 2.14. The molecule has 0 bridgehead atoms. The minimum Gasteiger partial charge on any atom is -0.300 e. The molecule has 1 atom stereocenters. The highest BCUT2D eigenvalue weighted by molar-refractivity contribution is 5.78. The van der Waals surface area contributed by atoms with Crippen LogP contribution in [0.3, 0.4) is 0 Å². The van der Waals surface area contributed by atoms with Gasteiger partial charge in [0.25, 0.3) is 0 Å². The Bertz CT molecular complexity index is 250. The molecule has 0 aromatic rings. The zero-order chi connectivity index (χ0) is 11.7. The van der Waals surface area contributed by atoms with Gasteiger partial charge in [-0.3, -0.25) is 4.79 Å². The molecule has 0 aliphatic heterocycles. The van der Waals surface area contributed by atoms with Crippen molar-refractivity contribution < 1.29 is 10.3 Å². The van der Waals surface area contributed by atoms with Gasteiger partial charge in [0, 0.05) is 18.3 Å². The van der Waals surface area contributed by atoms with Crippen molar-refractivity contribution in [1.82, 2.24) is 0 Å². The van der Waals surface area contributed by atoms with Crippen LogP contribution in [0, 0.1) is 5.92 Å². The lowest BCUT2D eigenvalue weighted by Crippen LogP contribution is -2.13. The second-order valence-electron chi connectivity index (χ2n) is 3.07. The van der Waals surface area contributed by atoms with E-state index in [0.717, 1.165) is 12.8 Å². The first-order valence-corrected chi connectivity index (χ1v) is 4.37. The van der Waals surface area contributed by atoms with E-state index in [-0.39, 0.29) is 12.3 Å². The average molecular weight is 158 g/mol. The first kappa shape index (κ1) is 4.64. The third-order valence-electron chi connectivity index (χ3n) is 2.04. The molecule has 1 fully saturated rings.